The van der Waals surface area contributed by atoms with Gasteiger partial charge in [0, 0.05) is 12.7 Å². The molecule has 1 aliphatic heterocycles. The molecule has 1 unspecified atom stereocenters. The van der Waals surface area contributed by atoms with E-state index >= 15 is 0 Å². The van der Waals surface area contributed by atoms with Crippen LogP contribution in [0.1, 0.15) is 17.4 Å². The number of carbonyl (C=O) groups excluding carboxylic acids is 1. The van der Waals surface area contributed by atoms with Gasteiger partial charge in [-0.15, -0.1) is 0 Å². The molecule has 0 aliphatic carbocycles. The van der Waals surface area contributed by atoms with Gasteiger partial charge in [-0.25, -0.2) is 9.78 Å². The molecule has 1 amide bonds. The molecule has 0 aromatic carbocycles. The molecule has 1 N–H and O–H groups in total. The predicted octanol–water partition coefficient (Wildman–Crippen LogP) is 1.37. The normalized spacial score (nSPS) is 21.6. The Morgan fingerprint density at radius 3 is 2.87 bits per heavy atom. The molecule has 23 heavy (non-hydrogen) atoms. The van der Waals surface area contributed by atoms with Gasteiger partial charge < -0.3 is 14.7 Å². The zero-order chi connectivity index (χ0) is 16.6. The van der Waals surface area contributed by atoms with Crippen LogP contribution in [0, 0.1) is 0 Å². The van der Waals surface area contributed by atoms with Crippen molar-refractivity contribution in [3.05, 3.63) is 30.1 Å². The van der Waals surface area contributed by atoms with Gasteiger partial charge in [0.15, 0.2) is 17.0 Å². The third-order valence-corrected chi connectivity index (χ3v) is 4.38. The van der Waals surface area contributed by atoms with E-state index in [1.807, 2.05) is 35.1 Å². The molecule has 1 fully saturated rings. The molecule has 0 bridgehead atoms. The smallest absolute Gasteiger partial charge is 0.334 e. The highest BCUT2D eigenvalue weighted by Crippen LogP contribution is 2.22. The predicted molar refractivity (Wildman–Crippen MR) is 84.8 cm³/mol. The van der Waals surface area contributed by atoms with Crippen molar-refractivity contribution in [1.29, 1.82) is 0 Å². The number of carboxylic acid groups (broad SMARTS) is 1. The number of hydrogen-bond donors (Lipinski definition) is 1. The number of nitrogens with zero attached hydrogens (tertiary/aromatic N) is 3. The fraction of sp³-hybridized carbons (Fsp3) is 0.400. The number of imidazole rings is 1. The molecule has 8 heteroatoms. The molecule has 7 nitrogen and oxygen atoms in total. The van der Waals surface area contributed by atoms with E-state index in [-0.39, 0.29) is 18.6 Å². The van der Waals surface area contributed by atoms with Crippen LogP contribution in [-0.2, 0) is 9.53 Å². The lowest BCUT2D eigenvalue weighted by atomic mass is 10.2. The molecular weight excluding hydrogens is 318 g/mol. The first-order valence-corrected chi connectivity index (χ1v) is 8.42. The van der Waals surface area contributed by atoms with Crippen molar-refractivity contribution in [3.63, 3.8) is 0 Å². The van der Waals surface area contributed by atoms with Crippen molar-refractivity contribution >= 4 is 29.2 Å². The van der Waals surface area contributed by atoms with Gasteiger partial charge in [0.25, 0.3) is 5.91 Å². The van der Waals surface area contributed by atoms with E-state index in [0.29, 0.717) is 17.8 Å². The van der Waals surface area contributed by atoms with Crippen molar-refractivity contribution in [2.24, 2.45) is 0 Å². The Labute approximate surface area is 137 Å². The molecule has 2 atom stereocenters. The Bertz CT molecular complexity index is 760. The van der Waals surface area contributed by atoms with E-state index in [0.717, 1.165) is 5.16 Å². The number of pyridine rings is 1. The van der Waals surface area contributed by atoms with Crippen LogP contribution in [-0.4, -0.2) is 62.8 Å². The fourth-order valence-electron chi connectivity index (χ4n) is 2.71. The molecule has 2 aromatic rings. The molecule has 1 saturated heterocycles. The number of carboxylic acids is 1. The summed E-state index contributed by atoms with van der Waals surface area (Å²) in [6.07, 6.45) is 2.42. The van der Waals surface area contributed by atoms with Gasteiger partial charge in [-0.2, -0.15) is 0 Å². The van der Waals surface area contributed by atoms with Crippen LogP contribution < -0.4 is 0 Å². The first kappa shape index (κ1) is 15.8. The second kappa shape index (κ2) is 6.21. The second-order valence-corrected chi connectivity index (χ2v) is 6.16. The van der Waals surface area contributed by atoms with Gasteiger partial charge in [0.05, 0.1) is 18.2 Å². The first-order chi connectivity index (χ1) is 11.0. The van der Waals surface area contributed by atoms with E-state index < -0.39 is 12.1 Å². The van der Waals surface area contributed by atoms with Crippen LogP contribution in [0.2, 0.25) is 0 Å². The van der Waals surface area contributed by atoms with Crippen LogP contribution in [0.15, 0.2) is 29.6 Å². The summed E-state index contributed by atoms with van der Waals surface area (Å²) in [6, 6.07) is 5.55. The number of aromatic nitrogens is 2. The number of morpholine rings is 1. The largest absolute Gasteiger partial charge is 0.479 e. The average Bonchev–Trinajstić information content (AvgIpc) is 2.92. The number of rotatable bonds is 3. The lowest BCUT2D eigenvalue weighted by Gasteiger charge is -2.34. The van der Waals surface area contributed by atoms with E-state index in [2.05, 4.69) is 4.98 Å². The van der Waals surface area contributed by atoms with Crippen LogP contribution >= 0.6 is 11.8 Å². The van der Waals surface area contributed by atoms with Gasteiger partial charge in [0.1, 0.15) is 0 Å². The number of hydrogen-bond acceptors (Lipinski definition) is 5. The number of thioether (sulfide) groups is 1. The third kappa shape index (κ3) is 2.91. The summed E-state index contributed by atoms with van der Waals surface area (Å²) in [5, 5.41) is 9.88. The minimum atomic E-state index is -1.06. The average molecular weight is 335 g/mol. The van der Waals surface area contributed by atoms with E-state index in [1.165, 1.54) is 16.7 Å². The molecule has 122 valence electrons. The molecule has 0 radical (unpaired) electrons. The Kier molecular flexibility index (Phi) is 4.27. The van der Waals surface area contributed by atoms with Crippen LogP contribution in [0.5, 0.6) is 0 Å². The summed E-state index contributed by atoms with van der Waals surface area (Å²) in [6.45, 7) is 2.13. The molecule has 3 heterocycles. The third-order valence-electron chi connectivity index (χ3n) is 3.72. The summed E-state index contributed by atoms with van der Waals surface area (Å²) in [4.78, 5) is 30.0. The number of amides is 1. The molecule has 1 aliphatic rings. The Hall–Kier alpha value is -2.06. The van der Waals surface area contributed by atoms with Gasteiger partial charge in [-0.05, 0) is 25.3 Å². The van der Waals surface area contributed by atoms with Crippen molar-refractivity contribution in [3.8, 4) is 0 Å². The minimum absolute atomic E-state index is 0.0267. The SMILES string of the molecule is CSc1nc(C(=O)N2CC(C(=O)O)O[C@H](C)C2)c2ccccn12. The summed E-state index contributed by atoms with van der Waals surface area (Å²) in [5.41, 5.74) is 1.06. The minimum Gasteiger partial charge on any atom is -0.479 e. The first-order valence-electron chi connectivity index (χ1n) is 7.20. The van der Waals surface area contributed by atoms with Gasteiger partial charge in [-0.3, -0.25) is 9.20 Å². The van der Waals surface area contributed by atoms with E-state index in [4.69, 9.17) is 9.84 Å². The number of fused-ring (bicyclic) bond motifs is 1. The molecule has 3 rings (SSSR count). The van der Waals surface area contributed by atoms with Crippen molar-refractivity contribution in [2.45, 2.75) is 24.3 Å². The topological polar surface area (TPSA) is 84.1 Å². The summed E-state index contributed by atoms with van der Waals surface area (Å²) in [5.74, 6) is -1.33. The standard InChI is InChI=1S/C15H17N3O4S/c1-9-7-17(8-11(22-9)14(20)21)13(19)12-10-5-3-4-6-18(10)15(16-12)23-2/h3-6,9,11H,7-8H2,1-2H3,(H,20,21)/t9-,11?/m1/s1. The fourth-order valence-corrected chi connectivity index (χ4v) is 3.25. The van der Waals surface area contributed by atoms with E-state index in [9.17, 15) is 9.59 Å². The van der Waals surface area contributed by atoms with Crippen molar-refractivity contribution < 1.29 is 19.4 Å². The zero-order valence-corrected chi connectivity index (χ0v) is 13.6. The summed E-state index contributed by atoms with van der Waals surface area (Å²) < 4.78 is 7.21. The van der Waals surface area contributed by atoms with Crippen LogP contribution in [0.25, 0.3) is 5.52 Å². The zero-order valence-electron chi connectivity index (χ0n) is 12.8. The van der Waals surface area contributed by atoms with Gasteiger partial charge in [-0.1, -0.05) is 17.8 Å². The maximum Gasteiger partial charge on any atom is 0.334 e. The molecule has 2 aromatic heterocycles. The summed E-state index contributed by atoms with van der Waals surface area (Å²) >= 11 is 1.45. The highest BCUT2D eigenvalue weighted by molar-refractivity contribution is 7.98. The van der Waals surface area contributed by atoms with Crippen LogP contribution in [0.4, 0.5) is 0 Å². The lowest BCUT2D eigenvalue weighted by Crippen LogP contribution is -2.51. The summed E-state index contributed by atoms with van der Waals surface area (Å²) in [7, 11) is 0. The Morgan fingerprint density at radius 1 is 1.39 bits per heavy atom. The maximum atomic E-state index is 12.8. The lowest BCUT2D eigenvalue weighted by molar-refractivity contribution is -0.160. The second-order valence-electron chi connectivity index (χ2n) is 5.39. The van der Waals surface area contributed by atoms with E-state index in [1.54, 1.807) is 6.92 Å². The number of aliphatic carboxylic acids is 1. The quantitative estimate of drug-likeness (QED) is 0.853. The monoisotopic (exact) mass is 335 g/mol. The Balaban J connectivity index is 1.95. The number of ether oxygens (including phenoxy) is 1. The van der Waals surface area contributed by atoms with Gasteiger partial charge in [0.2, 0.25) is 0 Å². The van der Waals surface area contributed by atoms with Crippen molar-refractivity contribution in [2.75, 3.05) is 19.3 Å². The molecule has 0 saturated carbocycles. The Morgan fingerprint density at radius 2 is 2.17 bits per heavy atom. The highest BCUT2D eigenvalue weighted by Gasteiger charge is 2.34. The van der Waals surface area contributed by atoms with Gasteiger partial charge >= 0.3 is 5.97 Å². The molecule has 0 spiro atoms. The van der Waals surface area contributed by atoms with Crippen molar-refractivity contribution in [1.82, 2.24) is 14.3 Å². The van der Waals surface area contributed by atoms with Crippen LogP contribution in [0.3, 0.4) is 0 Å². The maximum absolute atomic E-state index is 12.8. The highest BCUT2D eigenvalue weighted by atomic mass is 32.2. The number of carbonyl (C=O) groups is 2. The molecular formula is C15H17N3O4S.